The largest absolute Gasteiger partial charge is 0.491 e. The molecule has 0 heterocycles. The lowest BCUT2D eigenvalue weighted by Gasteiger charge is -2.11. The van der Waals surface area contributed by atoms with Crippen LogP contribution in [0.2, 0.25) is 0 Å². The van der Waals surface area contributed by atoms with Gasteiger partial charge < -0.3 is 20.9 Å². The molecule has 0 saturated carbocycles. The zero-order chi connectivity index (χ0) is 17.2. The van der Waals surface area contributed by atoms with E-state index in [1.54, 1.807) is 0 Å². The molecule has 2 aromatic carbocycles. The summed E-state index contributed by atoms with van der Waals surface area (Å²) in [5, 5.41) is 12.8. The van der Waals surface area contributed by atoms with E-state index >= 15 is 0 Å². The molecule has 0 aliphatic heterocycles. The number of hydrogen-bond donors (Lipinski definition) is 3. The van der Waals surface area contributed by atoms with E-state index < -0.39 is 6.10 Å². The summed E-state index contributed by atoms with van der Waals surface area (Å²) in [6.45, 7) is 0.860. The second-order valence-electron chi connectivity index (χ2n) is 5.31. The SMILES string of the molecule is I.NC(=NCC(O)COc1ccc(F)cc1)NCCc1ccccc1. The number of rotatable bonds is 8. The van der Waals surface area contributed by atoms with E-state index in [4.69, 9.17) is 10.5 Å². The zero-order valence-corrected chi connectivity index (χ0v) is 16.1. The van der Waals surface area contributed by atoms with Crippen LogP contribution in [0.4, 0.5) is 4.39 Å². The van der Waals surface area contributed by atoms with E-state index in [1.165, 1.54) is 29.8 Å². The second kappa shape index (κ2) is 11.6. The van der Waals surface area contributed by atoms with Crippen molar-refractivity contribution < 1.29 is 14.2 Å². The van der Waals surface area contributed by atoms with Crippen LogP contribution in [0.5, 0.6) is 5.75 Å². The van der Waals surface area contributed by atoms with Crippen molar-refractivity contribution in [2.45, 2.75) is 12.5 Å². The van der Waals surface area contributed by atoms with Gasteiger partial charge in [0.15, 0.2) is 5.96 Å². The molecule has 4 N–H and O–H groups in total. The Morgan fingerprint density at radius 3 is 2.52 bits per heavy atom. The Labute approximate surface area is 164 Å². The summed E-state index contributed by atoms with van der Waals surface area (Å²) >= 11 is 0. The fourth-order valence-electron chi connectivity index (χ4n) is 2.02. The van der Waals surface area contributed by atoms with E-state index in [2.05, 4.69) is 10.3 Å². The maximum Gasteiger partial charge on any atom is 0.188 e. The van der Waals surface area contributed by atoms with Gasteiger partial charge in [-0.15, -0.1) is 24.0 Å². The number of aliphatic hydroxyl groups excluding tert-OH is 1. The molecule has 7 heteroatoms. The highest BCUT2D eigenvalue weighted by Gasteiger charge is 2.05. The molecular formula is C18H23FIN3O2. The first-order valence-electron chi connectivity index (χ1n) is 7.77. The minimum absolute atomic E-state index is 0. The van der Waals surface area contributed by atoms with Crippen LogP contribution < -0.4 is 15.8 Å². The molecular weight excluding hydrogens is 436 g/mol. The smallest absolute Gasteiger partial charge is 0.188 e. The Kier molecular flexibility index (Phi) is 9.86. The van der Waals surface area contributed by atoms with Gasteiger partial charge in [0.1, 0.15) is 24.3 Å². The fourth-order valence-corrected chi connectivity index (χ4v) is 2.02. The van der Waals surface area contributed by atoms with Crippen molar-refractivity contribution in [2.24, 2.45) is 10.7 Å². The summed E-state index contributed by atoms with van der Waals surface area (Å²) in [4.78, 5) is 4.07. The topological polar surface area (TPSA) is 79.9 Å². The summed E-state index contributed by atoms with van der Waals surface area (Å²) in [7, 11) is 0. The molecule has 0 fully saturated rings. The minimum atomic E-state index is -0.787. The standard InChI is InChI=1S/C18H22FN3O2.HI/c19-15-6-8-17(9-7-15)24-13-16(23)12-22-18(20)21-11-10-14-4-2-1-3-5-14;/h1-9,16,23H,10-13H2,(H3,20,21,22);1H. The summed E-state index contributed by atoms with van der Waals surface area (Å²) < 4.78 is 18.1. The Morgan fingerprint density at radius 1 is 1.16 bits per heavy atom. The second-order valence-corrected chi connectivity index (χ2v) is 5.31. The molecule has 1 atom stereocenters. The highest BCUT2D eigenvalue weighted by atomic mass is 127. The highest BCUT2D eigenvalue weighted by molar-refractivity contribution is 14.0. The van der Waals surface area contributed by atoms with Gasteiger partial charge in [0.2, 0.25) is 0 Å². The maximum absolute atomic E-state index is 12.8. The molecule has 0 radical (unpaired) electrons. The van der Waals surface area contributed by atoms with Gasteiger partial charge in [-0.2, -0.15) is 0 Å². The molecule has 0 bridgehead atoms. The van der Waals surface area contributed by atoms with Crippen LogP contribution >= 0.6 is 24.0 Å². The first-order chi connectivity index (χ1) is 11.6. The van der Waals surface area contributed by atoms with Gasteiger partial charge in [0.25, 0.3) is 0 Å². The number of guanidine groups is 1. The van der Waals surface area contributed by atoms with Crippen LogP contribution in [-0.4, -0.2) is 36.9 Å². The maximum atomic E-state index is 12.8. The molecule has 2 rings (SSSR count). The van der Waals surface area contributed by atoms with Gasteiger partial charge in [-0.3, -0.25) is 4.99 Å². The quantitative estimate of drug-likeness (QED) is 0.322. The Hall–Kier alpha value is -1.87. The van der Waals surface area contributed by atoms with E-state index in [-0.39, 0.29) is 48.9 Å². The van der Waals surface area contributed by atoms with Gasteiger partial charge >= 0.3 is 0 Å². The van der Waals surface area contributed by atoms with Gasteiger partial charge in [-0.05, 0) is 36.2 Å². The number of hydrogen-bond acceptors (Lipinski definition) is 3. The monoisotopic (exact) mass is 459 g/mol. The van der Waals surface area contributed by atoms with Crippen molar-refractivity contribution in [3.8, 4) is 5.75 Å². The van der Waals surface area contributed by atoms with Crippen molar-refractivity contribution in [3.63, 3.8) is 0 Å². The summed E-state index contributed by atoms with van der Waals surface area (Å²) in [6.07, 6.45) is 0.0531. The Bertz CT molecular complexity index is 639. The van der Waals surface area contributed by atoms with E-state index in [9.17, 15) is 9.50 Å². The van der Waals surface area contributed by atoms with Crippen LogP contribution in [-0.2, 0) is 6.42 Å². The third kappa shape index (κ3) is 8.69. The van der Waals surface area contributed by atoms with E-state index in [0.29, 0.717) is 12.3 Å². The number of benzene rings is 2. The number of nitrogens with one attached hydrogen (secondary N) is 1. The lowest BCUT2D eigenvalue weighted by molar-refractivity contribution is 0.114. The Morgan fingerprint density at radius 2 is 1.84 bits per heavy atom. The zero-order valence-electron chi connectivity index (χ0n) is 13.8. The highest BCUT2D eigenvalue weighted by Crippen LogP contribution is 2.11. The molecule has 5 nitrogen and oxygen atoms in total. The van der Waals surface area contributed by atoms with Crippen molar-refractivity contribution in [1.29, 1.82) is 0 Å². The molecule has 0 aliphatic carbocycles. The average Bonchev–Trinajstić information content (AvgIpc) is 2.60. The number of aliphatic hydroxyl groups is 1. The summed E-state index contributed by atoms with van der Waals surface area (Å²) in [6, 6.07) is 15.7. The van der Waals surface area contributed by atoms with Gasteiger partial charge in [0, 0.05) is 6.54 Å². The minimum Gasteiger partial charge on any atom is -0.491 e. The third-order valence-electron chi connectivity index (χ3n) is 3.29. The molecule has 2 aromatic rings. The molecule has 0 saturated heterocycles. The molecule has 0 aromatic heterocycles. The first-order valence-corrected chi connectivity index (χ1v) is 7.77. The number of aliphatic imine (C=N–C) groups is 1. The predicted molar refractivity (Wildman–Crippen MR) is 108 cm³/mol. The average molecular weight is 459 g/mol. The first kappa shape index (κ1) is 21.2. The van der Waals surface area contributed by atoms with Gasteiger partial charge in [-0.1, -0.05) is 30.3 Å². The molecule has 0 aliphatic rings. The van der Waals surface area contributed by atoms with Crippen molar-refractivity contribution in [3.05, 3.63) is 66.0 Å². The third-order valence-corrected chi connectivity index (χ3v) is 3.29. The molecule has 136 valence electrons. The van der Waals surface area contributed by atoms with Gasteiger partial charge in [0.05, 0.1) is 6.54 Å². The predicted octanol–water partition coefficient (Wildman–Crippen LogP) is 2.33. The lowest BCUT2D eigenvalue weighted by Crippen LogP contribution is -2.34. The van der Waals surface area contributed by atoms with Crippen molar-refractivity contribution in [1.82, 2.24) is 5.32 Å². The van der Waals surface area contributed by atoms with Crippen LogP contribution in [0.3, 0.4) is 0 Å². The number of nitrogens with zero attached hydrogens (tertiary/aromatic N) is 1. The summed E-state index contributed by atoms with van der Waals surface area (Å²) in [5.41, 5.74) is 6.97. The van der Waals surface area contributed by atoms with E-state index in [0.717, 1.165) is 6.42 Å². The Balaban J connectivity index is 0.00000312. The molecule has 0 amide bonds. The molecule has 0 spiro atoms. The lowest BCUT2D eigenvalue weighted by atomic mass is 10.1. The normalized spacial score (nSPS) is 12.2. The van der Waals surface area contributed by atoms with Crippen molar-refractivity contribution in [2.75, 3.05) is 19.7 Å². The van der Waals surface area contributed by atoms with Crippen LogP contribution in [0.1, 0.15) is 5.56 Å². The van der Waals surface area contributed by atoms with Gasteiger partial charge in [-0.25, -0.2) is 4.39 Å². The number of nitrogens with two attached hydrogens (primary N) is 1. The number of ether oxygens (including phenoxy) is 1. The number of halogens is 2. The van der Waals surface area contributed by atoms with E-state index in [1.807, 2.05) is 30.3 Å². The van der Waals surface area contributed by atoms with Crippen LogP contribution in [0.15, 0.2) is 59.6 Å². The van der Waals surface area contributed by atoms with Crippen LogP contribution in [0, 0.1) is 5.82 Å². The van der Waals surface area contributed by atoms with Crippen molar-refractivity contribution >= 4 is 29.9 Å². The molecule has 1 unspecified atom stereocenters. The molecule has 25 heavy (non-hydrogen) atoms. The summed E-state index contributed by atoms with van der Waals surface area (Å²) in [5.74, 6) is 0.446. The fraction of sp³-hybridized carbons (Fsp3) is 0.278. The van der Waals surface area contributed by atoms with Crippen LogP contribution in [0.25, 0.3) is 0 Å².